The molecule has 0 unspecified atom stereocenters. The Morgan fingerprint density at radius 3 is 2.50 bits per heavy atom. The van der Waals surface area contributed by atoms with Crippen LogP contribution in [-0.4, -0.2) is 31.2 Å². The highest BCUT2D eigenvalue weighted by Gasteiger charge is 2.10. The summed E-state index contributed by atoms with van der Waals surface area (Å²) in [6, 6.07) is 12.9. The van der Waals surface area contributed by atoms with Crippen molar-refractivity contribution in [2.24, 2.45) is 5.10 Å². The average Bonchev–Trinajstić information content (AvgIpc) is 2.66. The summed E-state index contributed by atoms with van der Waals surface area (Å²) in [4.78, 5) is 24.1. The molecule has 0 fully saturated rings. The number of rotatable bonds is 8. The zero-order chi connectivity index (χ0) is 20.5. The van der Waals surface area contributed by atoms with E-state index < -0.39 is 5.91 Å². The second kappa shape index (κ2) is 10.1. The summed E-state index contributed by atoms with van der Waals surface area (Å²) in [7, 11) is 1.54. The zero-order valence-electron chi connectivity index (χ0n) is 16.5. The number of anilines is 1. The topological polar surface area (TPSA) is 89.0 Å². The molecule has 0 heterocycles. The Bertz CT molecular complexity index is 878. The Kier molecular flexibility index (Phi) is 7.56. The molecule has 0 saturated carbocycles. The number of nitrogens with one attached hydrogen (secondary N) is 2. The van der Waals surface area contributed by atoms with Crippen LogP contribution in [-0.2, 0) is 9.59 Å². The van der Waals surface area contributed by atoms with Crippen molar-refractivity contribution in [2.75, 3.05) is 19.0 Å². The third-order valence-electron chi connectivity index (χ3n) is 3.87. The molecule has 148 valence electrons. The van der Waals surface area contributed by atoms with Crippen molar-refractivity contribution in [3.8, 4) is 11.5 Å². The van der Waals surface area contributed by atoms with Gasteiger partial charge >= 0.3 is 0 Å². The Morgan fingerprint density at radius 2 is 1.79 bits per heavy atom. The van der Waals surface area contributed by atoms with Crippen LogP contribution in [0.3, 0.4) is 0 Å². The zero-order valence-corrected chi connectivity index (χ0v) is 16.5. The number of ether oxygens (including phenoxy) is 2. The Balaban J connectivity index is 1.83. The molecule has 7 nitrogen and oxygen atoms in total. The molecule has 0 aromatic heterocycles. The maximum Gasteiger partial charge on any atom is 0.277 e. The number of hydrogen-bond donors (Lipinski definition) is 2. The van der Waals surface area contributed by atoms with Crippen LogP contribution in [0.4, 0.5) is 5.69 Å². The summed E-state index contributed by atoms with van der Waals surface area (Å²) in [5.74, 6) is 0.568. The molecule has 2 N–H and O–H groups in total. The van der Waals surface area contributed by atoms with Crippen molar-refractivity contribution >= 4 is 23.2 Å². The van der Waals surface area contributed by atoms with Gasteiger partial charge in [0.15, 0.2) is 6.61 Å². The second-order valence-electron chi connectivity index (χ2n) is 6.36. The third kappa shape index (κ3) is 6.42. The van der Waals surface area contributed by atoms with Gasteiger partial charge in [-0.25, -0.2) is 5.43 Å². The minimum absolute atomic E-state index is 0.0377. The van der Waals surface area contributed by atoms with E-state index in [1.165, 1.54) is 0 Å². The normalized spacial score (nSPS) is 10.9. The molecule has 7 heteroatoms. The van der Waals surface area contributed by atoms with Gasteiger partial charge < -0.3 is 14.8 Å². The van der Waals surface area contributed by atoms with Crippen LogP contribution in [0, 0.1) is 13.8 Å². The molecule has 0 atom stereocenters. The van der Waals surface area contributed by atoms with Gasteiger partial charge in [-0.3, -0.25) is 9.59 Å². The molecule has 2 aromatic rings. The number of benzene rings is 2. The number of aryl methyl sites for hydroxylation is 2. The lowest BCUT2D eigenvalue weighted by molar-refractivity contribution is -0.123. The van der Waals surface area contributed by atoms with Gasteiger partial charge in [-0.05, 0) is 50.1 Å². The minimum Gasteiger partial charge on any atom is -0.495 e. The van der Waals surface area contributed by atoms with Crippen molar-refractivity contribution in [3.63, 3.8) is 0 Å². The second-order valence-corrected chi connectivity index (χ2v) is 6.36. The largest absolute Gasteiger partial charge is 0.495 e. The van der Waals surface area contributed by atoms with E-state index in [-0.39, 0.29) is 18.9 Å². The molecule has 0 bridgehead atoms. The first-order valence-electron chi connectivity index (χ1n) is 8.84. The van der Waals surface area contributed by atoms with Gasteiger partial charge in [-0.15, -0.1) is 0 Å². The van der Waals surface area contributed by atoms with Crippen molar-refractivity contribution < 1.29 is 19.1 Å². The first kappa shape index (κ1) is 21.0. The highest BCUT2D eigenvalue weighted by atomic mass is 16.5. The van der Waals surface area contributed by atoms with Gasteiger partial charge in [0.25, 0.3) is 5.91 Å². The molecular formula is C21H25N3O4. The van der Waals surface area contributed by atoms with Crippen molar-refractivity contribution in [1.82, 2.24) is 5.43 Å². The van der Waals surface area contributed by atoms with Crippen LogP contribution in [0.5, 0.6) is 11.5 Å². The highest BCUT2D eigenvalue weighted by Crippen LogP contribution is 2.25. The lowest BCUT2D eigenvalue weighted by Gasteiger charge is -2.11. The monoisotopic (exact) mass is 383 g/mol. The molecular weight excluding hydrogens is 358 g/mol. The Labute approximate surface area is 164 Å². The number of para-hydroxylation sites is 1. The van der Waals surface area contributed by atoms with E-state index >= 15 is 0 Å². The summed E-state index contributed by atoms with van der Waals surface area (Å²) in [6.07, 6.45) is 0.0377. The maximum atomic E-state index is 12.2. The van der Waals surface area contributed by atoms with Crippen LogP contribution in [0.15, 0.2) is 47.6 Å². The lowest BCUT2D eigenvalue weighted by atomic mass is 10.2. The smallest absolute Gasteiger partial charge is 0.277 e. The van der Waals surface area contributed by atoms with E-state index in [1.54, 1.807) is 26.2 Å². The van der Waals surface area contributed by atoms with E-state index in [0.29, 0.717) is 22.9 Å². The van der Waals surface area contributed by atoms with Crippen molar-refractivity contribution in [2.45, 2.75) is 27.2 Å². The van der Waals surface area contributed by atoms with Gasteiger partial charge in [0, 0.05) is 5.71 Å². The summed E-state index contributed by atoms with van der Waals surface area (Å²) in [5, 5.41) is 6.74. The summed E-state index contributed by atoms with van der Waals surface area (Å²) < 4.78 is 10.7. The van der Waals surface area contributed by atoms with Gasteiger partial charge in [0.05, 0.1) is 19.2 Å². The lowest BCUT2D eigenvalue weighted by Crippen LogP contribution is -2.26. The van der Waals surface area contributed by atoms with Gasteiger partial charge in [-0.2, -0.15) is 5.10 Å². The quantitative estimate of drug-likeness (QED) is 0.541. The number of carbonyl (C=O) groups excluding carboxylic acids is 2. The van der Waals surface area contributed by atoms with Crippen LogP contribution in [0.25, 0.3) is 0 Å². The van der Waals surface area contributed by atoms with Crippen molar-refractivity contribution in [3.05, 3.63) is 53.6 Å². The minimum atomic E-state index is -0.400. The molecule has 2 rings (SSSR count). The molecule has 0 aliphatic rings. The van der Waals surface area contributed by atoms with Crippen LogP contribution >= 0.6 is 0 Å². The van der Waals surface area contributed by atoms with Crippen LogP contribution in [0.2, 0.25) is 0 Å². The van der Waals surface area contributed by atoms with E-state index in [1.807, 2.05) is 44.2 Å². The van der Waals surface area contributed by atoms with Gasteiger partial charge in [-0.1, -0.05) is 24.3 Å². The maximum absolute atomic E-state index is 12.2. The Hall–Kier alpha value is -3.35. The van der Waals surface area contributed by atoms with Gasteiger partial charge in [0.2, 0.25) is 5.91 Å². The fourth-order valence-corrected chi connectivity index (χ4v) is 2.44. The molecule has 2 aromatic carbocycles. The predicted molar refractivity (Wildman–Crippen MR) is 109 cm³/mol. The molecule has 0 saturated heterocycles. The summed E-state index contributed by atoms with van der Waals surface area (Å²) in [6.45, 7) is 5.33. The molecule has 0 radical (unpaired) electrons. The number of methoxy groups -OCH3 is 1. The SMILES string of the molecule is COc1ccc(C)cc1NC(=O)C/C(C)=N\NC(=O)COc1ccccc1C. The van der Waals surface area contributed by atoms with E-state index in [2.05, 4.69) is 15.8 Å². The van der Waals surface area contributed by atoms with E-state index in [0.717, 1.165) is 11.1 Å². The number of carbonyl (C=O) groups is 2. The molecule has 0 spiro atoms. The Morgan fingerprint density at radius 1 is 1.04 bits per heavy atom. The molecule has 0 aliphatic heterocycles. The first-order valence-corrected chi connectivity index (χ1v) is 8.84. The number of amides is 2. The first-order chi connectivity index (χ1) is 13.4. The fourth-order valence-electron chi connectivity index (χ4n) is 2.44. The number of hydrazone groups is 1. The number of nitrogens with zero attached hydrogens (tertiary/aromatic N) is 1. The molecule has 2 amide bonds. The van der Waals surface area contributed by atoms with Crippen LogP contribution in [0.1, 0.15) is 24.5 Å². The summed E-state index contributed by atoms with van der Waals surface area (Å²) >= 11 is 0. The molecule has 0 aliphatic carbocycles. The van der Waals surface area contributed by atoms with Crippen LogP contribution < -0.4 is 20.2 Å². The predicted octanol–water partition coefficient (Wildman–Crippen LogP) is 3.21. The fraction of sp³-hybridized carbons (Fsp3) is 0.286. The number of hydrogen-bond acceptors (Lipinski definition) is 5. The van der Waals surface area contributed by atoms with E-state index in [9.17, 15) is 9.59 Å². The van der Waals surface area contributed by atoms with Gasteiger partial charge in [0.1, 0.15) is 11.5 Å². The summed E-state index contributed by atoms with van der Waals surface area (Å²) in [5.41, 5.74) is 5.40. The standard InChI is InChI=1S/C21H25N3O4/c1-14-9-10-19(27-4)17(11-14)22-20(25)12-16(3)23-24-21(26)13-28-18-8-6-5-7-15(18)2/h5-11H,12-13H2,1-4H3,(H,22,25)(H,24,26)/b23-16-. The van der Waals surface area contributed by atoms with E-state index in [4.69, 9.17) is 9.47 Å². The highest BCUT2D eigenvalue weighted by molar-refractivity contribution is 6.06. The average molecular weight is 383 g/mol. The molecule has 28 heavy (non-hydrogen) atoms. The van der Waals surface area contributed by atoms with Crippen molar-refractivity contribution in [1.29, 1.82) is 0 Å². The third-order valence-corrected chi connectivity index (χ3v) is 3.87.